The highest BCUT2D eigenvalue weighted by molar-refractivity contribution is 5.05. The molecule has 1 aliphatic rings. The molecule has 2 heteroatoms. The molecule has 1 aromatic rings. The lowest BCUT2D eigenvalue weighted by Gasteiger charge is -2.25. The lowest BCUT2D eigenvalue weighted by atomic mass is 9.93. The molecular formula is C10H15NO. The predicted octanol–water partition coefficient (Wildman–Crippen LogP) is 2.23. The van der Waals surface area contributed by atoms with E-state index < -0.39 is 0 Å². The molecule has 0 unspecified atom stereocenters. The SMILES string of the molecule is Cc1ccc(CNC2CCC2)o1. The average molecular weight is 165 g/mol. The van der Waals surface area contributed by atoms with E-state index >= 15 is 0 Å². The normalized spacial score (nSPS) is 17.8. The first-order valence-electron chi connectivity index (χ1n) is 4.63. The fraction of sp³-hybridized carbons (Fsp3) is 0.600. The summed E-state index contributed by atoms with van der Waals surface area (Å²) in [6.45, 7) is 2.87. The topological polar surface area (TPSA) is 25.2 Å². The first kappa shape index (κ1) is 7.87. The Bertz CT molecular complexity index is 250. The minimum absolute atomic E-state index is 0.746. The molecule has 1 heterocycles. The fourth-order valence-electron chi connectivity index (χ4n) is 1.44. The summed E-state index contributed by atoms with van der Waals surface area (Å²) in [4.78, 5) is 0. The first-order valence-corrected chi connectivity index (χ1v) is 4.63. The molecule has 2 nitrogen and oxygen atoms in total. The molecule has 0 aliphatic heterocycles. The molecule has 1 aliphatic carbocycles. The van der Waals surface area contributed by atoms with E-state index in [1.807, 2.05) is 19.1 Å². The van der Waals surface area contributed by atoms with E-state index in [9.17, 15) is 0 Å². The molecule has 1 saturated carbocycles. The van der Waals surface area contributed by atoms with Gasteiger partial charge in [0.1, 0.15) is 11.5 Å². The van der Waals surface area contributed by atoms with Gasteiger partial charge in [0, 0.05) is 6.04 Å². The zero-order valence-corrected chi connectivity index (χ0v) is 7.47. The van der Waals surface area contributed by atoms with Crippen LogP contribution in [0.3, 0.4) is 0 Å². The van der Waals surface area contributed by atoms with E-state index in [0.29, 0.717) is 0 Å². The van der Waals surface area contributed by atoms with Crippen molar-refractivity contribution >= 4 is 0 Å². The van der Waals surface area contributed by atoms with Gasteiger partial charge in [-0.1, -0.05) is 6.42 Å². The van der Waals surface area contributed by atoms with Crippen molar-refractivity contribution in [1.29, 1.82) is 0 Å². The summed E-state index contributed by atoms with van der Waals surface area (Å²) in [7, 11) is 0. The molecule has 0 bridgehead atoms. The monoisotopic (exact) mass is 165 g/mol. The standard InChI is InChI=1S/C10H15NO/c1-8-5-6-10(12-8)7-11-9-3-2-4-9/h5-6,9,11H,2-4,7H2,1H3. The molecular weight excluding hydrogens is 150 g/mol. The highest BCUT2D eigenvalue weighted by atomic mass is 16.3. The zero-order valence-electron chi connectivity index (χ0n) is 7.47. The van der Waals surface area contributed by atoms with Crippen molar-refractivity contribution in [1.82, 2.24) is 5.32 Å². The molecule has 1 aromatic heterocycles. The van der Waals surface area contributed by atoms with Crippen molar-refractivity contribution in [3.63, 3.8) is 0 Å². The predicted molar refractivity (Wildman–Crippen MR) is 47.9 cm³/mol. The van der Waals surface area contributed by atoms with Crippen LogP contribution in [-0.4, -0.2) is 6.04 Å². The third kappa shape index (κ3) is 1.69. The number of aryl methyl sites for hydroxylation is 1. The largest absolute Gasteiger partial charge is 0.465 e. The van der Waals surface area contributed by atoms with Crippen LogP contribution in [0, 0.1) is 6.92 Å². The van der Waals surface area contributed by atoms with Crippen LogP contribution < -0.4 is 5.32 Å². The smallest absolute Gasteiger partial charge is 0.117 e. The Morgan fingerprint density at radius 2 is 2.33 bits per heavy atom. The highest BCUT2D eigenvalue weighted by Gasteiger charge is 2.16. The zero-order chi connectivity index (χ0) is 8.39. The summed E-state index contributed by atoms with van der Waals surface area (Å²) in [5, 5.41) is 3.45. The summed E-state index contributed by atoms with van der Waals surface area (Å²) in [6.07, 6.45) is 4.05. The van der Waals surface area contributed by atoms with E-state index in [1.165, 1.54) is 19.3 Å². The van der Waals surface area contributed by atoms with Crippen molar-refractivity contribution in [2.24, 2.45) is 0 Å². The highest BCUT2D eigenvalue weighted by Crippen LogP contribution is 2.18. The summed E-state index contributed by atoms with van der Waals surface area (Å²) in [6, 6.07) is 4.80. The molecule has 12 heavy (non-hydrogen) atoms. The molecule has 2 rings (SSSR count). The number of nitrogens with one attached hydrogen (secondary N) is 1. The minimum Gasteiger partial charge on any atom is -0.465 e. The Kier molecular flexibility index (Phi) is 2.17. The molecule has 1 fully saturated rings. The van der Waals surface area contributed by atoms with Crippen LogP contribution in [0.5, 0.6) is 0 Å². The van der Waals surface area contributed by atoms with Crippen LogP contribution in [0.25, 0.3) is 0 Å². The number of hydrogen-bond donors (Lipinski definition) is 1. The van der Waals surface area contributed by atoms with Crippen molar-refractivity contribution in [3.05, 3.63) is 23.7 Å². The van der Waals surface area contributed by atoms with E-state index in [-0.39, 0.29) is 0 Å². The molecule has 0 atom stereocenters. The Hall–Kier alpha value is -0.760. The Balaban J connectivity index is 1.79. The van der Waals surface area contributed by atoms with Gasteiger partial charge in [0.25, 0.3) is 0 Å². The Labute approximate surface area is 73.0 Å². The summed E-state index contributed by atoms with van der Waals surface area (Å²) in [5.74, 6) is 2.06. The lowest BCUT2D eigenvalue weighted by Crippen LogP contribution is -2.34. The van der Waals surface area contributed by atoms with Crippen LogP contribution in [0.2, 0.25) is 0 Å². The van der Waals surface area contributed by atoms with Gasteiger partial charge in [0.05, 0.1) is 6.54 Å². The second-order valence-electron chi connectivity index (χ2n) is 3.52. The summed E-state index contributed by atoms with van der Waals surface area (Å²) >= 11 is 0. The van der Waals surface area contributed by atoms with E-state index in [2.05, 4.69) is 5.32 Å². The molecule has 0 saturated heterocycles. The maximum Gasteiger partial charge on any atom is 0.117 e. The van der Waals surface area contributed by atoms with Gasteiger partial charge in [-0.05, 0) is 31.9 Å². The minimum atomic E-state index is 0.746. The Morgan fingerprint density at radius 1 is 1.50 bits per heavy atom. The first-order chi connectivity index (χ1) is 5.84. The number of furan rings is 1. The van der Waals surface area contributed by atoms with Crippen LogP contribution in [0.15, 0.2) is 16.5 Å². The van der Waals surface area contributed by atoms with Gasteiger partial charge in [-0.2, -0.15) is 0 Å². The van der Waals surface area contributed by atoms with Crippen molar-refractivity contribution in [3.8, 4) is 0 Å². The quantitative estimate of drug-likeness (QED) is 0.743. The van der Waals surface area contributed by atoms with Crippen molar-refractivity contribution in [2.75, 3.05) is 0 Å². The van der Waals surface area contributed by atoms with Crippen LogP contribution >= 0.6 is 0 Å². The number of rotatable bonds is 3. The third-order valence-electron chi connectivity index (χ3n) is 2.47. The maximum absolute atomic E-state index is 5.44. The van der Waals surface area contributed by atoms with Gasteiger partial charge in [-0.3, -0.25) is 0 Å². The summed E-state index contributed by atoms with van der Waals surface area (Å²) in [5.41, 5.74) is 0. The Morgan fingerprint density at radius 3 is 2.83 bits per heavy atom. The molecule has 0 spiro atoms. The molecule has 0 radical (unpaired) electrons. The summed E-state index contributed by atoms with van der Waals surface area (Å²) < 4.78 is 5.44. The number of hydrogen-bond acceptors (Lipinski definition) is 2. The van der Waals surface area contributed by atoms with Gasteiger partial charge < -0.3 is 9.73 Å². The molecule has 1 N–H and O–H groups in total. The van der Waals surface area contributed by atoms with Gasteiger partial charge in [-0.25, -0.2) is 0 Å². The van der Waals surface area contributed by atoms with E-state index in [4.69, 9.17) is 4.42 Å². The lowest BCUT2D eigenvalue weighted by molar-refractivity contribution is 0.323. The van der Waals surface area contributed by atoms with E-state index in [0.717, 1.165) is 24.1 Å². The van der Waals surface area contributed by atoms with Crippen molar-refractivity contribution in [2.45, 2.75) is 38.8 Å². The second kappa shape index (κ2) is 3.31. The fourth-order valence-corrected chi connectivity index (χ4v) is 1.44. The third-order valence-corrected chi connectivity index (χ3v) is 2.47. The van der Waals surface area contributed by atoms with Gasteiger partial charge in [0.2, 0.25) is 0 Å². The van der Waals surface area contributed by atoms with Gasteiger partial charge in [0.15, 0.2) is 0 Å². The van der Waals surface area contributed by atoms with Gasteiger partial charge >= 0.3 is 0 Å². The average Bonchev–Trinajstić information content (AvgIpc) is 2.32. The maximum atomic E-state index is 5.44. The van der Waals surface area contributed by atoms with Crippen LogP contribution in [0.4, 0.5) is 0 Å². The second-order valence-corrected chi connectivity index (χ2v) is 3.52. The molecule has 0 amide bonds. The molecule has 66 valence electrons. The van der Waals surface area contributed by atoms with Crippen molar-refractivity contribution < 1.29 is 4.42 Å². The van der Waals surface area contributed by atoms with E-state index in [1.54, 1.807) is 0 Å². The molecule has 0 aromatic carbocycles. The van der Waals surface area contributed by atoms with Crippen LogP contribution in [0.1, 0.15) is 30.8 Å². The van der Waals surface area contributed by atoms with Gasteiger partial charge in [-0.15, -0.1) is 0 Å². The van der Waals surface area contributed by atoms with Crippen LogP contribution in [-0.2, 0) is 6.54 Å².